The number of hydrogen-bond donors (Lipinski definition) is 1. The van der Waals surface area contributed by atoms with Crippen LogP contribution in [0.5, 0.6) is 0 Å². The first-order chi connectivity index (χ1) is 3.00. The standard InChI is InChI=1S/3C2H6.7CH4.H3N.8U/c3*1-2;;;;;;;;;;;;;;;;/h3*1-2H3;7*1H4;1H3;;;;;;;;. The van der Waals surface area contributed by atoms with Gasteiger partial charge in [0.1, 0.15) is 0 Å². The van der Waals surface area contributed by atoms with Gasteiger partial charge in [0, 0.05) is 249 Å². The Morgan fingerprint density at radius 3 is 0.227 bits per heavy atom. The fraction of sp³-hybridized carbons (Fsp3) is 1.00. The summed E-state index contributed by atoms with van der Waals surface area (Å²) >= 11 is 0. The molecule has 0 spiro atoms. The smallest absolute Gasteiger partial charge is 0 e. The molecule has 0 bridgehead atoms. The van der Waals surface area contributed by atoms with Crippen LogP contribution in [0.25, 0.3) is 0 Å². The molecule has 0 amide bonds. The fourth-order valence-corrected chi connectivity index (χ4v) is 0. The molecule has 0 atom stereocenters. The SMILES string of the molecule is C.C.C.C.C.C.C.CC.CC.CC.N.[U].[U].[U].[U].[U].[U].[U].[U]. The van der Waals surface area contributed by atoms with E-state index in [9.17, 15) is 0 Å². The molecule has 0 saturated heterocycles. The normalized spacial score (nSPS) is 0.818. The molecule has 0 unspecified atom stereocenters. The molecular formula is C13H49NU8. The second kappa shape index (κ2) is 337. The van der Waals surface area contributed by atoms with Gasteiger partial charge in [0.2, 0.25) is 0 Å². The summed E-state index contributed by atoms with van der Waals surface area (Å²) in [6, 6.07) is 0. The first-order valence-corrected chi connectivity index (χ1v) is 3.00. The molecule has 0 rings (SSSR count). The van der Waals surface area contributed by atoms with Crippen LogP contribution in [-0.4, -0.2) is 0 Å². The van der Waals surface area contributed by atoms with Gasteiger partial charge in [0.05, 0.1) is 0 Å². The minimum atomic E-state index is 0. The zero-order valence-corrected chi connectivity index (χ0v) is 44.0. The molecule has 22 heavy (non-hydrogen) atoms. The van der Waals surface area contributed by atoms with Crippen molar-refractivity contribution in [2.45, 2.75) is 93.5 Å². The second-order valence-corrected chi connectivity index (χ2v) is 0. The van der Waals surface area contributed by atoms with Gasteiger partial charge in [-0.05, 0) is 0 Å². The third kappa shape index (κ3) is 303. The monoisotopic (exact) mass is 2120 g/mol. The Morgan fingerprint density at radius 2 is 0.227 bits per heavy atom. The molecule has 138 valence electrons. The van der Waals surface area contributed by atoms with E-state index in [1.807, 2.05) is 41.5 Å². The van der Waals surface area contributed by atoms with E-state index >= 15 is 0 Å². The summed E-state index contributed by atoms with van der Waals surface area (Å²) in [6.45, 7) is 12.0. The molecule has 0 radical (unpaired) electrons. The molecular weight excluding hydrogens is 2070 g/mol. The maximum atomic E-state index is 2.00. The van der Waals surface area contributed by atoms with Gasteiger partial charge in [-0.3, -0.25) is 0 Å². The average molecular weight is 2120 g/mol. The van der Waals surface area contributed by atoms with E-state index in [1.165, 1.54) is 0 Å². The van der Waals surface area contributed by atoms with Gasteiger partial charge in [-0.25, -0.2) is 0 Å². The second-order valence-electron chi connectivity index (χ2n) is 0. The minimum Gasteiger partial charge on any atom is -0.344 e. The summed E-state index contributed by atoms with van der Waals surface area (Å²) in [7, 11) is 0. The zero-order chi connectivity index (χ0) is 6.00. The third-order valence-corrected chi connectivity index (χ3v) is 0. The van der Waals surface area contributed by atoms with Gasteiger partial charge in [0.25, 0.3) is 0 Å². The Morgan fingerprint density at radius 1 is 0.227 bits per heavy atom. The van der Waals surface area contributed by atoms with Crippen molar-refractivity contribution in [3.05, 3.63) is 0 Å². The van der Waals surface area contributed by atoms with E-state index in [4.69, 9.17) is 0 Å². The molecule has 9 heteroatoms. The van der Waals surface area contributed by atoms with E-state index in [-0.39, 0.29) is 307 Å². The summed E-state index contributed by atoms with van der Waals surface area (Å²) in [5, 5.41) is 0. The van der Waals surface area contributed by atoms with Crippen molar-refractivity contribution in [3.63, 3.8) is 0 Å². The summed E-state index contributed by atoms with van der Waals surface area (Å²) in [5.41, 5.74) is 0. The molecule has 0 aromatic carbocycles. The Bertz CT molecular complexity index is 26.0. The van der Waals surface area contributed by atoms with Crippen LogP contribution in [0.1, 0.15) is 93.5 Å². The number of hydrogen-bond acceptors (Lipinski definition) is 1. The van der Waals surface area contributed by atoms with Gasteiger partial charge in [-0.15, -0.1) is 0 Å². The molecule has 0 fully saturated rings. The van der Waals surface area contributed by atoms with E-state index in [1.54, 1.807) is 0 Å². The van der Waals surface area contributed by atoms with Gasteiger partial charge in [0.15, 0.2) is 0 Å². The molecule has 0 aliphatic heterocycles. The van der Waals surface area contributed by atoms with Gasteiger partial charge in [-0.2, -0.15) is 0 Å². The molecule has 0 aromatic rings. The summed E-state index contributed by atoms with van der Waals surface area (Å²) in [5.74, 6) is 0. The predicted molar refractivity (Wildman–Crippen MR) is 86.2 cm³/mol. The van der Waals surface area contributed by atoms with Crippen LogP contribution in [0.2, 0.25) is 0 Å². The first kappa shape index (κ1) is 203. The van der Waals surface area contributed by atoms with Crippen LogP contribution in [0.15, 0.2) is 0 Å². The van der Waals surface area contributed by atoms with Crippen molar-refractivity contribution < 1.29 is 249 Å². The quantitative estimate of drug-likeness (QED) is 0.266. The van der Waals surface area contributed by atoms with Crippen LogP contribution in [0.4, 0.5) is 0 Å². The summed E-state index contributed by atoms with van der Waals surface area (Å²) < 4.78 is 0. The number of rotatable bonds is 0. The maximum absolute atomic E-state index is 2.00. The largest absolute Gasteiger partial charge is 0.344 e. The summed E-state index contributed by atoms with van der Waals surface area (Å²) in [6.07, 6.45) is 0. The Kier molecular flexibility index (Phi) is 3100. The van der Waals surface area contributed by atoms with Crippen molar-refractivity contribution in [3.8, 4) is 0 Å². The van der Waals surface area contributed by atoms with Crippen LogP contribution < -0.4 is 6.15 Å². The molecule has 0 aliphatic rings. The van der Waals surface area contributed by atoms with E-state index < -0.39 is 0 Å². The Labute approximate surface area is 339 Å². The predicted octanol–water partition coefficient (Wildman–Crippen LogP) is 7.69. The maximum Gasteiger partial charge on any atom is 0 e. The van der Waals surface area contributed by atoms with Gasteiger partial charge >= 0.3 is 0 Å². The molecule has 3 N–H and O–H groups in total. The Hall–Kier alpha value is 8.38. The Balaban J connectivity index is -0.000000000265. The van der Waals surface area contributed by atoms with E-state index in [0.29, 0.717) is 0 Å². The van der Waals surface area contributed by atoms with Gasteiger partial charge < -0.3 is 6.15 Å². The fourth-order valence-electron chi connectivity index (χ4n) is 0. The van der Waals surface area contributed by atoms with Crippen LogP contribution >= 0.6 is 0 Å². The summed E-state index contributed by atoms with van der Waals surface area (Å²) in [4.78, 5) is 0. The van der Waals surface area contributed by atoms with Crippen LogP contribution in [0.3, 0.4) is 0 Å². The molecule has 1 nitrogen and oxygen atoms in total. The van der Waals surface area contributed by atoms with Crippen molar-refractivity contribution in [1.29, 1.82) is 0 Å². The molecule has 0 heterocycles. The molecule has 0 saturated carbocycles. The van der Waals surface area contributed by atoms with Crippen molar-refractivity contribution in [2.24, 2.45) is 0 Å². The third-order valence-electron chi connectivity index (χ3n) is 0. The minimum absolute atomic E-state index is 0. The molecule has 0 aliphatic carbocycles. The first-order valence-electron chi connectivity index (χ1n) is 3.00. The van der Waals surface area contributed by atoms with Crippen LogP contribution in [0, 0.1) is 249 Å². The van der Waals surface area contributed by atoms with E-state index in [0.717, 1.165) is 0 Å². The van der Waals surface area contributed by atoms with Crippen molar-refractivity contribution >= 4 is 0 Å². The zero-order valence-electron chi connectivity index (χ0n) is 10.7. The molecule has 0 aromatic heterocycles. The van der Waals surface area contributed by atoms with Crippen molar-refractivity contribution in [1.82, 2.24) is 6.15 Å². The van der Waals surface area contributed by atoms with Gasteiger partial charge in [-0.1, -0.05) is 93.5 Å². The van der Waals surface area contributed by atoms with Crippen molar-refractivity contribution in [2.75, 3.05) is 0 Å². The van der Waals surface area contributed by atoms with Crippen LogP contribution in [-0.2, 0) is 0 Å². The van der Waals surface area contributed by atoms with E-state index in [2.05, 4.69) is 0 Å². The topological polar surface area (TPSA) is 35.0 Å². The average Bonchev–Trinajstić information content (AvgIpc) is 1.81.